The Balaban J connectivity index is 1.85. The molecule has 1 aromatic heterocycles. The van der Waals surface area contributed by atoms with Crippen molar-refractivity contribution in [2.24, 2.45) is 0 Å². The van der Waals surface area contributed by atoms with Gasteiger partial charge in [-0.3, -0.25) is 4.79 Å². The van der Waals surface area contributed by atoms with Crippen LogP contribution >= 0.6 is 11.3 Å². The summed E-state index contributed by atoms with van der Waals surface area (Å²) in [5.74, 6) is -1.13. The van der Waals surface area contributed by atoms with Crippen LogP contribution in [0.1, 0.15) is 40.4 Å². The number of carboxylic acid groups (broad SMARTS) is 1. The average Bonchev–Trinajstić information content (AvgIpc) is 2.96. The van der Waals surface area contributed by atoms with Crippen molar-refractivity contribution >= 4 is 23.2 Å². The first kappa shape index (κ1) is 15.2. The number of carbonyl (C=O) groups is 2. The Morgan fingerprint density at radius 3 is 2.67 bits per heavy atom. The van der Waals surface area contributed by atoms with Crippen LogP contribution in [0.3, 0.4) is 0 Å². The number of aromatic nitrogens is 1. The van der Waals surface area contributed by atoms with Gasteiger partial charge in [-0.15, -0.1) is 11.3 Å². The fourth-order valence-electron chi connectivity index (χ4n) is 1.86. The van der Waals surface area contributed by atoms with Crippen molar-refractivity contribution in [2.45, 2.75) is 25.8 Å². The zero-order valence-electron chi connectivity index (χ0n) is 11.6. The third-order valence-corrected chi connectivity index (χ3v) is 4.00. The van der Waals surface area contributed by atoms with Gasteiger partial charge in [0.15, 0.2) is 5.69 Å². The Bertz CT molecular complexity index is 625. The summed E-state index contributed by atoms with van der Waals surface area (Å²) < 4.78 is 0. The lowest BCUT2D eigenvalue weighted by atomic mass is 10.1. The summed E-state index contributed by atoms with van der Waals surface area (Å²) in [5, 5.41) is 13.7. The van der Waals surface area contributed by atoms with Gasteiger partial charge < -0.3 is 10.4 Å². The van der Waals surface area contributed by atoms with Crippen molar-refractivity contribution < 1.29 is 14.7 Å². The van der Waals surface area contributed by atoms with Crippen molar-refractivity contribution in [2.75, 3.05) is 0 Å². The van der Waals surface area contributed by atoms with Crippen LogP contribution in [0.4, 0.5) is 0 Å². The summed E-state index contributed by atoms with van der Waals surface area (Å²) in [6.45, 7) is 1.80. The van der Waals surface area contributed by atoms with E-state index in [1.807, 2.05) is 30.3 Å². The van der Waals surface area contributed by atoms with Gasteiger partial charge in [0.25, 0.3) is 0 Å². The Kier molecular flexibility index (Phi) is 5.05. The number of aryl methyl sites for hydroxylation is 1. The Morgan fingerprint density at radius 1 is 1.33 bits per heavy atom. The van der Waals surface area contributed by atoms with Gasteiger partial charge in [0.1, 0.15) is 5.01 Å². The first-order chi connectivity index (χ1) is 10.1. The van der Waals surface area contributed by atoms with Crippen LogP contribution in [-0.4, -0.2) is 22.0 Å². The number of aromatic carboxylic acids is 1. The second-order valence-electron chi connectivity index (χ2n) is 4.65. The standard InChI is InChI=1S/C15H16N2O3S/c1-10(14-17-12(9-21-14)15(19)20)16-13(18)8-7-11-5-3-2-4-6-11/h2-6,9-10H,7-8H2,1H3,(H,16,18)(H,19,20). The van der Waals surface area contributed by atoms with Gasteiger partial charge in [-0.1, -0.05) is 30.3 Å². The van der Waals surface area contributed by atoms with Gasteiger partial charge in [0.05, 0.1) is 6.04 Å². The SMILES string of the molecule is CC(NC(=O)CCc1ccccc1)c1nc(C(=O)O)cs1. The van der Waals surface area contributed by atoms with Gasteiger partial charge in [-0.05, 0) is 18.9 Å². The van der Waals surface area contributed by atoms with Crippen LogP contribution in [0.2, 0.25) is 0 Å². The molecule has 0 saturated carbocycles. The van der Waals surface area contributed by atoms with Gasteiger partial charge in [0, 0.05) is 11.8 Å². The molecule has 2 N–H and O–H groups in total. The van der Waals surface area contributed by atoms with E-state index in [2.05, 4.69) is 10.3 Å². The van der Waals surface area contributed by atoms with Crippen LogP contribution < -0.4 is 5.32 Å². The molecule has 0 fully saturated rings. The summed E-state index contributed by atoms with van der Waals surface area (Å²) in [6.07, 6.45) is 1.07. The number of amides is 1. The number of hydrogen-bond donors (Lipinski definition) is 2. The summed E-state index contributed by atoms with van der Waals surface area (Å²) in [5.41, 5.74) is 1.13. The predicted molar refractivity (Wildman–Crippen MR) is 80.4 cm³/mol. The number of hydrogen-bond acceptors (Lipinski definition) is 4. The summed E-state index contributed by atoms with van der Waals surface area (Å²) in [4.78, 5) is 26.7. The zero-order valence-corrected chi connectivity index (χ0v) is 12.4. The molecule has 2 rings (SSSR count). The van der Waals surface area contributed by atoms with Crippen molar-refractivity contribution in [3.8, 4) is 0 Å². The number of thiazole rings is 1. The summed E-state index contributed by atoms with van der Waals surface area (Å²) >= 11 is 1.24. The van der Waals surface area contributed by atoms with E-state index in [1.165, 1.54) is 16.7 Å². The highest BCUT2D eigenvalue weighted by molar-refractivity contribution is 7.09. The van der Waals surface area contributed by atoms with E-state index in [-0.39, 0.29) is 17.6 Å². The topological polar surface area (TPSA) is 79.3 Å². The second-order valence-corrected chi connectivity index (χ2v) is 5.54. The molecule has 1 unspecified atom stereocenters. The van der Waals surface area contributed by atoms with Gasteiger partial charge >= 0.3 is 5.97 Å². The molecule has 1 amide bonds. The first-order valence-corrected chi connectivity index (χ1v) is 7.46. The van der Waals surface area contributed by atoms with E-state index in [4.69, 9.17) is 5.11 Å². The van der Waals surface area contributed by atoms with Gasteiger partial charge in [-0.2, -0.15) is 0 Å². The largest absolute Gasteiger partial charge is 0.476 e. The molecule has 5 nitrogen and oxygen atoms in total. The highest BCUT2D eigenvalue weighted by Gasteiger charge is 2.15. The maximum atomic E-state index is 11.9. The highest BCUT2D eigenvalue weighted by Crippen LogP contribution is 2.18. The second kappa shape index (κ2) is 6.99. The Labute approximate surface area is 126 Å². The minimum Gasteiger partial charge on any atom is -0.476 e. The van der Waals surface area contributed by atoms with Crippen molar-refractivity contribution in [3.05, 3.63) is 52.0 Å². The molecule has 0 aliphatic heterocycles. The van der Waals surface area contributed by atoms with Crippen LogP contribution in [0, 0.1) is 0 Å². The smallest absolute Gasteiger partial charge is 0.355 e. The zero-order chi connectivity index (χ0) is 15.2. The minimum atomic E-state index is -1.06. The molecule has 0 bridgehead atoms. The van der Waals surface area contributed by atoms with E-state index in [9.17, 15) is 9.59 Å². The van der Waals surface area contributed by atoms with E-state index in [0.717, 1.165) is 5.56 Å². The molecule has 21 heavy (non-hydrogen) atoms. The molecule has 0 aliphatic rings. The lowest BCUT2D eigenvalue weighted by Crippen LogP contribution is -2.26. The maximum absolute atomic E-state index is 11.9. The fraction of sp³-hybridized carbons (Fsp3) is 0.267. The normalized spacial score (nSPS) is 11.9. The summed E-state index contributed by atoms with van der Waals surface area (Å²) in [6, 6.07) is 9.51. The number of rotatable bonds is 6. The number of nitrogens with one attached hydrogen (secondary N) is 1. The third kappa shape index (κ3) is 4.39. The molecule has 0 aliphatic carbocycles. The van der Waals surface area contributed by atoms with Crippen LogP contribution in [-0.2, 0) is 11.2 Å². The van der Waals surface area contributed by atoms with E-state index < -0.39 is 5.97 Å². The quantitative estimate of drug-likeness (QED) is 0.860. The molecule has 110 valence electrons. The monoisotopic (exact) mass is 304 g/mol. The first-order valence-electron chi connectivity index (χ1n) is 6.58. The highest BCUT2D eigenvalue weighted by atomic mass is 32.1. The van der Waals surface area contributed by atoms with Crippen LogP contribution in [0.15, 0.2) is 35.7 Å². The van der Waals surface area contributed by atoms with Crippen LogP contribution in [0.5, 0.6) is 0 Å². The summed E-state index contributed by atoms with van der Waals surface area (Å²) in [7, 11) is 0. The third-order valence-electron chi connectivity index (χ3n) is 2.97. The molecular weight excluding hydrogens is 288 g/mol. The number of benzene rings is 1. The molecule has 0 spiro atoms. The minimum absolute atomic E-state index is 0.0142. The molecule has 6 heteroatoms. The van der Waals surface area contributed by atoms with Crippen molar-refractivity contribution in [1.29, 1.82) is 0 Å². The lowest BCUT2D eigenvalue weighted by molar-refractivity contribution is -0.121. The van der Waals surface area contributed by atoms with Crippen molar-refractivity contribution in [1.82, 2.24) is 10.3 Å². The molecule has 1 heterocycles. The van der Waals surface area contributed by atoms with Crippen LogP contribution in [0.25, 0.3) is 0 Å². The molecular formula is C15H16N2O3S. The Hall–Kier alpha value is -2.21. The van der Waals surface area contributed by atoms with Crippen molar-refractivity contribution in [3.63, 3.8) is 0 Å². The number of carboxylic acids is 1. The average molecular weight is 304 g/mol. The molecule has 1 atom stereocenters. The maximum Gasteiger partial charge on any atom is 0.355 e. The molecule has 0 saturated heterocycles. The van der Waals surface area contributed by atoms with Gasteiger partial charge in [-0.25, -0.2) is 9.78 Å². The fourth-order valence-corrected chi connectivity index (χ4v) is 2.66. The molecule has 0 radical (unpaired) electrons. The molecule has 2 aromatic rings. The lowest BCUT2D eigenvalue weighted by Gasteiger charge is -2.11. The number of nitrogens with zero attached hydrogens (tertiary/aromatic N) is 1. The number of carbonyl (C=O) groups excluding carboxylic acids is 1. The van der Waals surface area contributed by atoms with E-state index >= 15 is 0 Å². The van der Waals surface area contributed by atoms with E-state index in [0.29, 0.717) is 17.8 Å². The molecule has 1 aromatic carbocycles. The van der Waals surface area contributed by atoms with E-state index in [1.54, 1.807) is 6.92 Å². The Morgan fingerprint density at radius 2 is 2.05 bits per heavy atom. The van der Waals surface area contributed by atoms with Gasteiger partial charge in [0.2, 0.25) is 5.91 Å². The predicted octanol–water partition coefficient (Wildman–Crippen LogP) is 2.65.